The number of fused-ring (bicyclic) bond motifs is 1. The molecule has 0 spiro atoms. The van der Waals surface area contributed by atoms with Gasteiger partial charge in [-0.3, -0.25) is 19.1 Å². The van der Waals surface area contributed by atoms with Crippen LogP contribution in [0, 0.1) is 0 Å². The Labute approximate surface area is 163 Å². The molecule has 29 heavy (non-hydrogen) atoms. The second kappa shape index (κ2) is 8.13. The summed E-state index contributed by atoms with van der Waals surface area (Å²) in [6.07, 6.45) is 0.633. The number of esters is 1. The second-order valence-electron chi connectivity index (χ2n) is 6.38. The quantitative estimate of drug-likeness (QED) is 0.239. The number of nitrogens with one attached hydrogen (secondary N) is 1. The van der Waals surface area contributed by atoms with E-state index in [2.05, 4.69) is 19.7 Å². The lowest BCUT2D eigenvalue weighted by Gasteiger charge is -2.12. The van der Waals surface area contributed by atoms with Crippen LogP contribution in [0.1, 0.15) is 11.1 Å². The number of H-pyrrole nitrogens is 1. The summed E-state index contributed by atoms with van der Waals surface area (Å²) in [5, 5.41) is 0. The highest BCUT2D eigenvalue weighted by Crippen LogP contribution is 2.33. The zero-order valence-corrected chi connectivity index (χ0v) is 16.0. The summed E-state index contributed by atoms with van der Waals surface area (Å²) in [6, 6.07) is 6.10. The summed E-state index contributed by atoms with van der Waals surface area (Å²) in [5.74, 6) is -0.893. The Morgan fingerprint density at radius 1 is 1.28 bits per heavy atom. The van der Waals surface area contributed by atoms with Crippen molar-refractivity contribution in [1.82, 2.24) is 19.5 Å². The van der Waals surface area contributed by atoms with Gasteiger partial charge in [0.2, 0.25) is 5.95 Å². The number of imidazole rings is 1. The van der Waals surface area contributed by atoms with E-state index in [9.17, 15) is 14.2 Å². The van der Waals surface area contributed by atoms with Crippen molar-refractivity contribution in [2.45, 2.75) is 19.0 Å². The molecule has 3 aromatic rings. The van der Waals surface area contributed by atoms with Crippen molar-refractivity contribution >= 4 is 30.7 Å². The number of carbonyl (C=O) groups is 1. The largest absolute Gasteiger partial charge is 0.452 e. The Morgan fingerprint density at radius 3 is 2.59 bits per heavy atom. The topological polar surface area (TPSA) is 199 Å². The molecular weight excluding hydrogens is 403 g/mol. The summed E-state index contributed by atoms with van der Waals surface area (Å²) in [5.41, 5.74) is 13.1. The molecule has 0 amide bonds. The van der Waals surface area contributed by atoms with Crippen LogP contribution in [0.3, 0.4) is 0 Å². The molecule has 0 fully saturated rings. The third-order valence-electron chi connectivity index (χ3n) is 4.00. The summed E-state index contributed by atoms with van der Waals surface area (Å²) in [4.78, 5) is 51.5. The molecule has 12 nitrogen and oxygen atoms in total. The average Bonchev–Trinajstić information content (AvgIpc) is 3.03. The van der Waals surface area contributed by atoms with Gasteiger partial charge < -0.3 is 30.6 Å². The van der Waals surface area contributed by atoms with Crippen LogP contribution in [0.4, 0.5) is 5.95 Å². The molecule has 1 aromatic carbocycles. The Hall–Kier alpha value is -3.05. The zero-order valence-electron chi connectivity index (χ0n) is 15.1. The van der Waals surface area contributed by atoms with Crippen molar-refractivity contribution in [1.29, 1.82) is 0 Å². The summed E-state index contributed by atoms with van der Waals surface area (Å²) in [7, 11) is -4.44. The van der Waals surface area contributed by atoms with Gasteiger partial charge >= 0.3 is 13.6 Å². The van der Waals surface area contributed by atoms with E-state index in [1.165, 1.54) is 6.33 Å². The number of rotatable bonds is 7. The lowest BCUT2D eigenvalue weighted by molar-refractivity contribution is -0.143. The van der Waals surface area contributed by atoms with Gasteiger partial charge in [0.1, 0.15) is 6.04 Å². The van der Waals surface area contributed by atoms with Crippen LogP contribution in [0.5, 0.6) is 0 Å². The average molecular weight is 422 g/mol. The molecular formula is C16H19N6O6P. The third kappa shape index (κ3) is 5.27. The lowest BCUT2D eigenvalue weighted by Crippen LogP contribution is -2.34. The number of carbonyl (C=O) groups excluding carboxylic acids is 1. The van der Waals surface area contributed by atoms with Crippen LogP contribution >= 0.6 is 7.60 Å². The number of hydrogen-bond acceptors (Lipinski definition) is 8. The first-order chi connectivity index (χ1) is 13.6. The van der Waals surface area contributed by atoms with Gasteiger partial charge in [-0.05, 0) is 17.5 Å². The maximum Gasteiger partial charge on any atom is 0.362 e. The minimum absolute atomic E-state index is 0.000721. The van der Waals surface area contributed by atoms with Crippen LogP contribution < -0.4 is 17.0 Å². The smallest absolute Gasteiger partial charge is 0.362 e. The summed E-state index contributed by atoms with van der Waals surface area (Å²) < 4.78 is 16.9. The molecule has 1 atom stereocenters. The predicted octanol–water partition coefficient (Wildman–Crippen LogP) is -0.702. The predicted molar refractivity (Wildman–Crippen MR) is 103 cm³/mol. The second-order valence-corrected chi connectivity index (χ2v) is 7.97. The van der Waals surface area contributed by atoms with Gasteiger partial charge in [-0.25, -0.2) is 4.98 Å². The van der Waals surface area contributed by atoms with Gasteiger partial charge in [0.15, 0.2) is 17.5 Å². The van der Waals surface area contributed by atoms with E-state index in [0.29, 0.717) is 12.2 Å². The monoisotopic (exact) mass is 422 g/mol. The Balaban J connectivity index is 1.66. The molecule has 0 saturated heterocycles. The van der Waals surface area contributed by atoms with Crippen LogP contribution in [0.15, 0.2) is 35.4 Å². The Kier molecular flexibility index (Phi) is 5.80. The molecule has 0 bridgehead atoms. The van der Waals surface area contributed by atoms with Crippen LogP contribution in [0.2, 0.25) is 0 Å². The lowest BCUT2D eigenvalue weighted by atomic mass is 10.0. The highest BCUT2D eigenvalue weighted by molar-refractivity contribution is 7.51. The number of hydrogen-bond donors (Lipinski definition) is 5. The maximum absolute atomic E-state index is 11.8. The molecule has 0 aliphatic rings. The maximum atomic E-state index is 11.8. The molecule has 2 aromatic heterocycles. The first kappa shape index (κ1) is 20.7. The molecule has 0 unspecified atom stereocenters. The Morgan fingerprint density at radius 2 is 1.93 bits per heavy atom. The molecule has 0 aliphatic heterocycles. The van der Waals surface area contributed by atoms with Crippen LogP contribution in [0.25, 0.3) is 11.2 Å². The van der Waals surface area contributed by atoms with Crippen molar-refractivity contribution in [3.8, 4) is 0 Å². The fourth-order valence-corrected chi connectivity index (χ4v) is 2.95. The summed E-state index contributed by atoms with van der Waals surface area (Å²) >= 11 is 0. The van der Waals surface area contributed by atoms with E-state index < -0.39 is 31.5 Å². The van der Waals surface area contributed by atoms with E-state index in [0.717, 1.165) is 11.1 Å². The highest BCUT2D eigenvalue weighted by atomic mass is 31.2. The van der Waals surface area contributed by atoms with E-state index >= 15 is 0 Å². The number of benzene rings is 1. The van der Waals surface area contributed by atoms with Crippen molar-refractivity contribution < 1.29 is 23.9 Å². The molecule has 7 N–H and O–H groups in total. The minimum atomic E-state index is -4.44. The molecule has 0 radical (unpaired) electrons. The molecule has 0 saturated carbocycles. The zero-order chi connectivity index (χ0) is 21.2. The number of aromatic nitrogens is 4. The highest BCUT2D eigenvalue weighted by Gasteiger charge is 2.21. The van der Waals surface area contributed by atoms with Crippen LogP contribution in [-0.2, 0) is 27.1 Å². The summed E-state index contributed by atoms with van der Waals surface area (Å²) in [6.45, 7) is 0.392. The van der Waals surface area contributed by atoms with E-state index in [1.807, 2.05) is 12.1 Å². The number of anilines is 1. The van der Waals surface area contributed by atoms with Crippen molar-refractivity contribution in [2.75, 3.05) is 12.1 Å². The number of nitrogen functional groups attached to an aromatic ring is 1. The number of nitrogens with two attached hydrogens (primary N) is 2. The van der Waals surface area contributed by atoms with Gasteiger partial charge in [0.05, 0.1) is 12.9 Å². The normalized spacial score (nSPS) is 12.8. The number of aromatic amines is 1. The van der Waals surface area contributed by atoms with Crippen LogP contribution in [-0.4, -0.2) is 47.7 Å². The van der Waals surface area contributed by atoms with E-state index in [-0.39, 0.29) is 17.9 Å². The van der Waals surface area contributed by atoms with Gasteiger partial charge in [-0.15, -0.1) is 0 Å². The standard InChI is InChI=1S/C16H19N6O6P/c17-11(15(24)28-8-29(25,26)27)5-9-1-3-10(4-2-9)6-22-7-19-12-13(22)20-16(18)21-14(12)23/h1-4,7,11H,5-6,8,17H2,(H2,25,26,27)(H3,18,20,21,23)/t11-/m0/s1. The van der Waals surface area contributed by atoms with Crippen molar-refractivity contribution in [3.63, 3.8) is 0 Å². The van der Waals surface area contributed by atoms with E-state index in [4.69, 9.17) is 21.3 Å². The SMILES string of the molecule is Nc1nc2c(ncn2Cc2ccc(C[C@H](N)C(=O)OCP(=O)(O)O)cc2)c(=O)[nH]1. The fraction of sp³-hybridized carbons (Fsp3) is 0.250. The molecule has 3 rings (SSSR count). The van der Waals surface area contributed by atoms with Gasteiger partial charge in [-0.2, -0.15) is 4.98 Å². The van der Waals surface area contributed by atoms with Gasteiger partial charge in [-0.1, -0.05) is 24.3 Å². The molecule has 154 valence electrons. The van der Waals surface area contributed by atoms with Gasteiger partial charge in [0, 0.05) is 0 Å². The van der Waals surface area contributed by atoms with Gasteiger partial charge in [0.25, 0.3) is 5.56 Å². The molecule has 0 aliphatic carbocycles. The Bertz CT molecular complexity index is 1140. The molecule has 2 heterocycles. The van der Waals surface area contributed by atoms with Crippen molar-refractivity contribution in [3.05, 3.63) is 52.1 Å². The number of ether oxygens (including phenoxy) is 1. The fourth-order valence-electron chi connectivity index (χ4n) is 2.66. The van der Waals surface area contributed by atoms with E-state index in [1.54, 1.807) is 16.7 Å². The third-order valence-corrected chi connectivity index (χ3v) is 4.47. The van der Waals surface area contributed by atoms with Crippen molar-refractivity contribution in [2.24, 2.45) is 5.73 Å². The first-order valence-electron chi connectivity index (χ1n) is 8.37. The number of nitrogens with zero attached hydrogens (tertiary/aromatic N) is 3. The minimum Gasteiger partial charge on any atom is -0.452 e. The first-order valence-corrected chi connectivity index (χ1v) is 10.2. The molecule has 13 heteroatoms.